The van der Waals surface area contributed by atoms with E-state index in [-0.39, 0.29) is 18.5 Å². The highest BCUT2D eigenvalue weighted by Crippen LogP contribution is 2.27. The van der Waals surface area contributed by atoms with Crippen LogP contribution >= 0.6 is 0 Å². The monoisotopic (exact) mass is 288 g/mol. The van der Waals surface area contributed by atoms with Crippen molar-refractivity contribution in [1.82, 2.24) is 0 Å². The Morgan fingerprint density at radius 3 is 3.05 bits per heavy atom. The third kappa shape index (κ3) is 3.81. The molecule has 1 unspecified atom stereocenters. The number of aliphatic hydroxyl groups is 1. The maximum absolute atomic E-state index is 11.8. The van der Waals surface area contributed by atoms with Gasteiger partial charge in [0.2, 0.25) is 0 Å². The molecule has 0 aliphatic carbocycles. The van der Waals surface area contributed by atoms with Crippen molar-refractivity contribution in [2.24, 2.45) is 0 Å². The van der Waals surface area contributed by atoms with Crippen molar-refractivity contribution in [2.75, 3.05) is 31.2 Å². The Balaban J connectivity index is 2.23. The molecule has 1 saturated heterocycles. The van der Waals surface area contributed by atoms with Crippen LogP contribution in [0.25, 0.3) is 0 Å². The highest BCUT2D eigenvalue weighted by molar-refractivity contribution is 6.00. The van der Waals surface area contributed by atoms with Crippen LogP contribution in [0.4, 0.5) is 5.69 Å². The number of anilines is 1. The minimum atomic E-state index is -0.00658. The van der Waals surface area contributed by atoms with Crippen LogP contribution in [0.5, 0.6) is 0 Å². The molecule has 1 aliphatic rings. The normalized spacial score (nSPS) is 18.3. The molecule has 0 bridgehead atoms. The Bertz CT molecular complexity index is 551. The number of hydrogen-bond acceptors (Lipinski definition) is 5. The summed E-state index contributed by atoms with van der Waals surface area (Å²) < 4.78 is 5.60. The third-order valence-electron chi connectivity index (χ3n) is 3.67. The van der Waals surface area contributed by atoms with Crippen LogP contribution in [0.1, 0.15) is 35.7 Å². The molecule has 5 nitrogen and oxygen atoms in total. The Morgan fingerprint density at radius 2 is 2.38 bits per heavy atom. The highest BCUT2D eigenvalue weighted by Gasteiger charge is 2.23. The van der Waals surface area contributed by atoms with Crippen LogP contribution in [0.2, 0.25) is 0 Å². The summed E-state index contributed by atoms with van der Waals surface area (Å²) in [6.07, 6.45) is 1.96. The molecule has 0 saturated carbocycles. The standard InChI is InChI=1S/C16H20N2O3/c1-12(20)15-5-4-13(10-17)9-16(15)18-6-2-3-14(11-18)21-8-7-19/h4-5,9,14,19H,2-3,6-8,11H2,1H3. The molecule has 1 heterocycles. The highest BCUT2D eigenvalue weighted by atomic mass is 16.5. The molecule has 0 radical (unpaired) electrons. The van der Waals surface area contributed by atoms with E-state index in [0.717, 1.165) is 25.1 Å². The van der Waals surface area contributed by atoms with Gasteiger partial charge in [-0.25, -0.2) is 0 Å². The second-order valence-electron chi connectivity index (χ2n) is 5.20. The van der Waals surface area contributed by atoms with Gasteiger partial charge >= 0.3 is 0 Å². The van der Waals surface area contributed by atoms with Crippen molar-refractivity contribution in [3.8, 4) is 6.07 Å². The number of piperidine rings is 1. The van der Waals surface area contributed by atoms with Crippen molar-refractivity contribution in [2.45, 2.75) is 25.9 Å². The van der Waals surface area contributed by atoms with Crippen LogP contribution in [0.3, 0.4) is 0 Å². The summed E-state index contributed by atoms with van der Waals surface area (Å²) in [5.41, 5.74) is 1.99. The molecule has 1 N–H and O–H groups in total. The van der Waals surface area contributed by atoms with Gasteiger partial charge in [0.1, 0.15) is 0 Å². The third-order valence-corrected chi connectivity index (χ3v) is 3.67. The minimum Gasteiger partial charge on any atom is -0.394 e. The van der Waals surface area contributed by atoms with E-state index in [1.54, 1.807) is 18.2 Å². The number of Topliss-reactive ketones (excluding diaryl/α,β-unsaturated/α-hetero) is 1. The summed E-state index contributed by atoms with van der Waals surface area (Å²) in [6, 6.07) is 7.27. The van der Waals surface area contributed by atoms with Crippen LogP contribution < -0.4 is 4.90 Å². The second-order valence-corrected chi connectivity index (χ2v) is 5.20. The van der Waals surface area contributed by atoms with Crippen molar-refractivity contribution in [3.63, 3.8) is 0 Å². The molecule has 21 heavy (non-hydrogen) atoms. The molecule has 0 spiro atoms. The van der Waals surface area contributed by atoms with E-state index < -0.39 is 0 Å². The fraction of sp³-hybridized carbons (Fsp3) is 0.500. The Morgan fingerprint density at radius 1 is 1.57 bits per heavy atom. The summed E-state index contributed by atoms with van der Waals surface area (Å²) in [5.74, 6) is -0.00658. The lowest BCUT2D eigenvalue weighted by Gasteiger charge is -2.35. The van der Waals surface area contributed by atoms with Crippen LogP contribution in [0, 0.1) is 11.3 Å². The zero-order valence-corrected chi connectivity index (χ0v) is 12.2. The quantitative estimate of drug-likeness (QED) is 0.835. The maximum Gasteiger partial charge on any atom is 0.161 e. The number of carbonyl (C=O) groups is 1. The zero-order chi connectivity index (χ0) is 15.2. The topological polar surface area (TPSA) is 73.6 Å². The first kappa shape index (κ1) is 15.5. The van der Waals surface area contributed by atoms with E-state index in [4.69, 9.17) is 15.1 Å². The molecular weight excluding hydrogens is 268 g/mol. The van der Waals surface area contributed by atoms with Gasteiger partial charge in [-0.05, 0) is 38.0 Å². The molecule has 1 atom stereocenters. The van der Waals surface area contributed by atoms with Crippen LogP contribution in [-0.2, 0) is 4.74 Å². The average Bonchev–Trinajstić information content (AvgIpc) is 2.52. The number of rotatable bonds is 5. The zero-order valence-electron chi connectivity index (χ0n) is 12.2. The Labute approximate surface area is 124 Å². The van der Waals surface area contributed by atoms with Gasteiger partial charge in [-0.3, -0.25) is 4.79 Å². The summed E-state index contributed by atoms with van der Waals surface area (Å²) in [7, 11) is 0. The molecule has 5 heteroatoms. The van der Waals surface area contributed by atoms with Gasteiger partial charge in [-0.15, -0.1) is 0 Å². The van der Waals surface area contributed by atoms with Crippen LogP contribution in [-0.4, -0.2) is 43.3 Å². The number of ether oxygens (including phenoxy) is 1. The summed E-state index contributed by atoms with van der Waals surface area (Å²) in [5, 5.41) is 17.9. The van der Waals surface area contributed by atoms with E-state index >= 15 is 0 Å². The lowest BCUT2D eigenvalue weighted by atomic mass is 10.0. The molecular formula is C16H20N2O3. The predicted molar refractivity (Wildman–Crippen MR) is 79.4 cm³/mol. The lowest BCUT2D eigenvalue weighted by Crippen LogP contribution is -2.40. The fourth-order valence-electron chi connectivity index (χ4n) is 2.67. The number of hydrogen-bond donors (Lipinski definition) is 1. The minimum absolute atomic E-state index is 0.00658. The second kappa shape index (κ2) is 7.21. The Kier molecular flexibility index (Phi) is 5.32. The number of nitrogens with zero attached hydrogens (tertiary/aromatic N) is 2. The first-order valence-corrected chi connectivity index (χ1v) is 7.18. The van der Waals surface area contributed by atoms with E-state index in [1.165, 1.54) is 6.92 Å². The molecule has 0 aromatic heterocycles. The van der Waals surface area contributed by atoms with Gasteiger partial charge in [0.25, 0.3) is 0 Å². The molecule has 2 rings (SSSR count). The summed E-state index contributed by atoms with van der Waals surface area (Å²) in [4.78, 5) is 13.9. The van der Waals surface area contributed by atoms with E-state index in [2.05, 4.69) is 11.0 Å². The number of nitriles is 1. The fourth-order valence-corrected chi connectivity index (χ4v) is 2.67. The lowest BCUT2D eigenvalue weighted by molar-refractivity contribution is 0.0214. The van der Waals surface area contributed by atoms with E-state index in [9.17, 15) is 4.79 Å². The largest absolute Gasteiger partial charge is 0.394 e. The van der Waals surface area contributed by atoms with Gasteiger partial charge in [-0.2, -0.15) is 5.26 Å². The van der Waals surface area contributed by atoms with Crippen molar-refractivity contribution < 1.29 is 14.6 Å². The molecule has 1 aromatic rings. The van der Waals surface area contributed by atoms with Gasteiger partial charge in [0.05, 0.1) is 31.0 Å². The maximum atomic E-state index is 11.8. The van der Waals surface area contributed by atoms with E-state index in [1.807, 2.05) is 0 Å². The van der Waals surface area contributed by atoms with Crippen molar-refractivity contribution in [3.05, 3.63) is 29.3 Å². The molecule has 1 fully saturated rings. The van der Waals surface area contributed by atoms with Crippen molar-refractivity contribution >= 4 is 11.5 Å². The summed E-state index contributed by atoms with van der Waals surface area (Å²) >= 11 is 0. The van der Waals surface area contributed by atoms with Gasteiger partial charge in [0.15, 0.2) is 5.78 Å². The van der Waals surface area contributed by atoms with Crippen molar-refractivity contribution in [1.29, 1.82) is 5.26 Å². The van der Waals surface area contributed by atoms with Crippen LogP contribution in [0.15, 0.2) is 18.2 Å². The first-order chi connectivity index (χ1) is 10.2. The van der Waals surface area contributed by atoms with Gasteiger partial charge < -0.3 is 14.7 Å². The van der Waals surface area contributed by atoms with Gasteiger partial charge in [-0.1, -0.05) is 0 Å². The molecule has 1 aliphatic heterocycles. The predicted octanol–water partition coefficient (Wildman–Crippen LogP) is 1.74. The number of aliphatic hydroxyl groups excluding tert-OH is 1. The molecule has 1 aromatic carbocycles. The molecule has 0 amide bonds. The number of ketones is 1. The SMILES string of the molecule is CC(=O)c1ccc(C#N)cc1N1CCCC(OCCO)C1. The van der Waals surface area contributed by atoms with E-state index in [0.29, 0.717) is 24.3 Å². The number of carbonyl (C=O) groups excluding carboxylic acids is 1. The summed E-state index contributed by atoms with van der Waals surface area (Å²) in [6.45, 7) is 3.40. The van der Waals surface area contributed by atoms with Gasteiger partial charge in [0, 0.05) is 24.3 Å². The first-order valence-electron chi connectivity index (χ1n) is 7.18. The Hall–Kier alpha value is -1.90. The molecule has 112 valence electrons. The number of benzene rings is 1. The smallest absolute Gasteiger partial charge is 0.161 e. The average molecular weight is 288 g/mol.